The first-order valence-corrected chi connectivity index (χ1v) is 6.79. The number of fused-ring (bicyclic) bond motifs is 1. The lowest BCUT2D eigenvalue weighted by atomic mass is 10.2. The summed E-state index contributed by atoms with van der Waals surface area (Å²) < 4.78 is 1.29. The number of nitrogens with zero attached hydrogens (tertiary/aromatic N) is 2. The summed E-state index contributed by atoms with van der Waals surface area (Å²) >= 11 is 1.14. The van der Waals surface area contributed by atoms with Gasteiger partial charge in [0.25, 0.3) is 5.56 Å². The van der Waals surface area contributed by atoms with Crippen molar-refractivity contribution in [3.8, 4) is 0 Å². The van der Waals surface area contributed by atoms with Crippen molar-refractivity contribution in [1.82, 2.24) is 9.78 Å². The van der Waals surface area contributed by atoms with E-state index in [9.17, 15) is 9.59 Å². The van der Waals surface area contributed by atoms with Crippen LogP contribution in [0.5, 0.6) is 0 Å². The summed E-state index contributed by atoms with van der Waals surface area (Å²) in [6.07, 6.45) is 1.61. The maximum Gasteiger partial charge on any atom is 0.346 e. The molecule has 20 heavy (non-hydrogen) atoms. The predicted molar refractivity (Wildman–Crippen MR) is 76.4 cm³/mol. The molecule has 2 heterocycles. The molecule has 1 N–H and O–H groups in total. The zero-order chi connectivity index (χ0) is 14.1. The van der Waals surface area contributed by atoms with Crippen molar-refractivity contribution in [2.45, 2.75) is 6.54 Å². The quantitative estimate of drug-likeness (QED) is 0.801. The van der Waals surface area contributed by atoms with Crippen molar-refractivity contribution in [3.05, 3.63) is 62.7 Å². The molecule has 0 aliphatic rings. The van der Waals surface area contributed by atoms with Crippen LogP contribution in [0.15, 0.2) is 46.7 Å². The van der Waals surface area contributed by atoms with Crippen LogP contribution in [0.4, 0.5) is 0 Å². The molecule has 0 amide bonds. The molecule has 0 aliphatic carbocycles. The van der Waals surface area contributed by atoms with Crippen LogP contribution in [0.1, 0.15) is 15.2 Å². The first-order chi connectivity index (χ1) is 9.66. The van der Waals surface area contributed by atoms with Gasteiger partial charge in [0, 0.05) is 5.39 Å². The average molecular weight is 286 g/mol. The molecule has 5 nitrogen and oxygen atoms in total. The van der Waals surface area contributed by atoms with Crippen LogP contribution in [0.2, 0.25) is 0 Å². The Morgan fingerprint density at radius 2 is 2.10 bits per heavy atom. The van der Waals surface area contributed by atoms with Gasteiger partial charge in [-0.05, 0) is 23.1 Å². The van der Waals surface area contributed by atoms with Crippen LogP contribution < -0.4 is 5.56 Å². The SMILES string of the molecule is O=C(O)c1sccc1Cn1ncc2ccccc2c1=O. The second-order valence-electron chi connectivity index (χ2n) is 4.27. The fraction of sp³-hybridized carbons (Fsp3) is 0.0714. The standard InChI is InChI=1S/C14H10N2O3S/c17-13-11-4-2-1-3-9(11)7-15-16(13)8-10-5-6-20-12(10)14(18)19/h1-7H,8H2,(H,18,19). The highest BCUT2D eigenvalue weighted by molar-refractivity contribution is 7.12. The van der Waals surface area contributed by atoms with Crippen LogP contribution in [-0.4, -0.2) is 20.9 Å². The lowest BCUT2D eigenvalue weighted by Gasteiger charge is -2.05. The highest BCUT2D eigenvalue weighted by Crippen LogP contribution is 2.17. The van der Waals surface area contributed by atoms with Crippen molar-refractivity contribution in [3.63, 3.8) is 0 Å². The summed E-state index contributed by atoms with van der Waals surface area (Å²) in [5.41, 5.74) is 0.373. The van der Waals surface area contributed by atoms with Gasteiger partial charge in [0.1, 0.15) is 4.88 Å². The van der Waals surface area contributed by atoms with E-state index >= 15 is 0 Å². The first kappa shape index (κ1) is 12.6. The van der Waals surface area contributed by atoms with Crippen LogP contribution in [0.3, 0.4) is 0 Å². The minimum absolute atomic E-state index is 0.162. The number of carboxylic acid groups (broad SMARTS) is 1. The normalized spacial score (nSPS) is 10.8. The summed E-state index contributed by atoms with van der Waals surface area (Å²) in [4.78, 5) is 23.6. The number of aromatic nitrogens is 2. The number of hydrogen-bond donors (Lipinski definition) is 1. The summed E-state index contributed by atoms with van der Waals surface area (Å²) in [5.74, 6) is -0.983. The zero-order valence-corrected chi connectivity index (χ0v) is 11.1. The number of carboxylic acids is 1. The van der Waals surface area contributed by atoms with E-state index in [1.54, 1.807) is 29.8 Å². The maximum absolute atomic E-state index is 12.3. The third kappa shape index (κ3) is 2.10. The predicted octanol–water partition coefficient (Wildman–Crippen LogP) is 2.20. The minimum atomic E-state index is -0.983. The summed E-state index contributed by atoms with van der Waals surface area (Å²) in [6, 6.07) is 8.90. The van der Waals surface area contributed by atoms with Crippen LogP contribution in [-0.2, 0) is 6.54 Å². The Hall–Kier alpha value is -2.47. The molecule has 0 saturated carbocycles. The van der Waals surface area contributed by atoms with E-state index in [2.05, 4.69) is 5.10 Å². The Balaban J connectivity index is 2.07. The van der Waals surface area contributed by atoms with E-state index in [4.69, 9.17) is 5.11 Å². The Morgan fingerprint density at radius 3 is 2.90 bits per heavy atom. The Morgan fingerprint density at radius 1 is 1.30 bits per heavy atom. The summed E-state index contributed by atoms with van der Waals surface area (Å²) in [7, 11) is 0. The van der Waals surface area contributed by atoms with Gasteiger partial charge in [-0.1, -0.05) is 18.2 Å². The number of rotatable bonds is 3. The molecule has 0 aliphatic heterocycles. The van der Waals surface area contributed by atoms with Gasteiger partial charge in [-0.25, -0.2) is 9.48 Å². The summed E-state index contributed by atoms with van der Waals surface area (Å²) in [6.45, 7) is 0.162. The highest BCUT2D eigenvalue weighted by atomic mass is 32.1. The smallest absolute Gasteiger partial charge is 0.346 e. The second-order valence-corrected chi connectivity index (χ2v) is 5.19. The van der Waals surface area contributed by atoms with Gasteiger partial charge in [0.05, 0.1) is 18.1 Å². The molecule has 3 aromatic rings. The van der Waals surface area contributed by atoms with Crippen molar-refractivity contribution < 1.29 is 9.90 Å². The molecule has 100 valence electrons. The molecule has 0 spiro atoms. The molecule has 1 aromatic carbocycles. The molecule has 0 bridgehead atoms. The summed E-state index contributed by atoms with van der Waals surface area (Å²) in [5, 5.41) is 16.2. The molecule has 2 aromatic heterocycles. The molecule has 0 fully saturated rings. The molecule has 6 heteroatoms. The van der Waals surface area contributed by atoms with Crippen LogP contribution in [0, 0.1) is 0 Å². The van der Waals surface area contributed by atoms with E-state index < -0.39 is 5.97 Å². The highest BCUT2D eigenvalue weighted by Gasteiger charge is 2.13. The largest absolute Gasteiger partial charge is 0.477 e. The third-order valence-electron chi connectivity index (χ3n) is 3.02. The van der Waals surface area contributed by atoms with Crippen molar-refractivity contribution in [1.29, 1.82) is 0 Å². The molecule has 0 radical (unpaired) electrons. The second kappa shape index (κ2) is 4.90. The van der Waals surface area contributed by atoms with E-state index in [0.29, 0.717) is 10.9 Å². The first-order valence-electron chi connectivity index (χ1n) is 5.91. The van der Waals surface area contributed by atoms with Gasteiger partial charge in [-0.15, -0.1) is 11.3 Å². The molecule has 0 atom stereocenters. The molecular weight excluding hydrogens is 276 g/mol. The van der Waals surface area contributed by atoms with Gasteiger partial charge in [-0.3, -0.25) is 4.79 Å². The van der Waals surface area contributed by atoms with Crippen molar-refractivity contribution in [2.75, 3.05) is 0 Å². The third-order valence-corrected chi connectivity index (χ3v) is 3.97. The van der Waals surface area contributed by atoms with Crippen LogP contribution in [0.25, 0.3) is 10.8 Å². The minimum Gasteiger partial charge on any atom is -0.477 e. The fourth-order valence-electron chi connectivity index (χ4n) is 2.05. The van der Waals surface area contributed by atoms with Gasteiger partial charge >= 0.3 is 5.97 Å². The van der Waals surface area contributed by atoms with Crippen LogP contribution >= 0.6 is 11.3 Å². The van der Waals surface area contributed by atoms with E-state index in [0.717, 1.165) is 16.7 Å². The van der Waals surface area contributed by atoms with Crippen molar-refractivity contribution in [2.24, 2.45) is 0 Å². The maximum atomic E-state index is 12.3. The topological polar surface area (TPSA) is 72.2 Å². The lowest BCUT2D eigenvalue weighted by molar-refractivity contribution is 0.0701. The van der Waals surface area contributed by atoms with E-state index in [1.807, 2.05) is 12.1 Å². The Labute approximate surface area is 117 Å². The Kier molecular flexibility index (Phi) is 3.08. The molecule has 0 unspecified atom stereocenters. The Bertz CT molecular complexity index is 851. The van der Waals surface area contributed by atoms with Crippen molar-refractivity contribution >= 4 is 28.1 Å². The lowest BCUT2D eigenvalue weighted by Crippen LogP contribution is -2.23. The molecular formula is C14H10N2O3S. The van der Waals surface area contributed by atoms with E-state index in [1.165, 1.54) is 4.68 Å². The van der Waals surface area contributed by atoms with Gasteiger partial charge in [0.2, 0.25) is 0 Å². The fourth-order valence-corrected chi connectivity index (χ4v) is 2.80. The van der Waals surface area contributed by atoms with Gasteiger partial charge in [-0.2, -0.15) is 5.10 Å². The zero-order valence-electron chi connectivity index (χ0n) is 10.3. The van der Waals surface area contributed by atoms with E-state index in [-0.39, 0.29) is 17.0 Å². The number of thiophene rings is 1. The van der Waals surface area contributed by atoms with Gasteiger partial charge in [0.15, 0.2) is 0 Å². The monoisotopic (exact) mass is 286 g/mol. The number of hydrogen-bond acceptors (Lipinski definition) is 4. The van der Waals surface area contributed by atoms with Gasteiger partial charge < -0.3 is 5.11 Å². The molecule has 3 rings (SSSR count). The number of benzene rings is 1. The molecule has 0 saturated heterocycles. The average Bonchev–Trinajstić information content (AvgIpc) is 2.91. The number of carbonyl (C=O) groups is 1. The number of aromatic carboxylic acids is 1.